The third-order valence-electron chi connectivity index (χ3n) is 3.38. The molecule has 8 heteroatoms. The van der Waals surface area contributed by atoms with Gasteiger partial charge in [0.05, 0.1) is 11.3 Å². The van der Waals surface area contributed by atoms with Gasteiger partial charge in [0, 0.05) is 12.2 Å². The van der Waals surface area contributed by atoms with Crippen molar-refractivity contribution in [1.29, 1.82) is 0 Å². The molecule has 3 N–H and O–H groups in total. The molecule has 0 bridgehead atoms. The number of anilines is 1. The van der Waals surface area contributed by atoms with E-state index in [2.05, 4.69) is 4.72 Å². The van der Waals surface area contributed by atoms with Crippen molar-refractivity contribution in [3.05, 3.63) is 65.2 Å². The molecule has 0 aliphatic heterocycles. The average Bonchev–Trinajstić information content (AvgIpc) is 2.48. The summed E-state index contributed by atoms with van der Waals surface area (Å²) in [5.74, 6) is -0.718. The lowest BCUT2D eigenvalue weighted by Gasteiger charge is -2.13. The number of hydrogen-bond acceptors (Lipinski definition) is 3. The smallest absolute Gasteiger partial charge is 0.399 e. The summed E-state index contributed by atoms with van der Waals surface area (Å²) in [6.07, 6.45) is -4.17. The Bertz CT molecular complexity index is 788. The number of hydrogen-bond donors (Lipinski definition) is 2. The Kier molecular flexibility index (Phi) is 5.51. The quantitative estimate of drug-likeness (QED) is 0.780. The highest BCUT2D eigenvalue weighted by atomic mass is 32.2. The topological polar surface area (TPSA) is 72.2 Å². The normalized spacial score (nSPS) is 12.3. The minimum absolute atomic E-state index is 0.0977. The van der Waals surface area contributed by atoms with Gasteiger partial charge in [-0.2, -0.15) is 13.2 Å². The summed E-state index contributed by atoms with van der Waals surface area (Å²) in [6, 6.07) is 11.6. The second-order valence-corrected chi connectivity index (χ2v) is 7.11. The molecule has 0 fully saturated rings. The van der Waals surface area contributed by atoms with E-state index in [9.17, 15) is 21.6 Å². The molecule has 0 aliphatic rings. The predicted octanol–water partition coefficient (Wildman–Crippen LogP) is 2.95. The van der Waals surface area contributed by atoms with Gasteiger partial charge in [0.2, 0.25) is 10.0 Å². The summed E-state index contributed by atoms with van der Waals surface area (Å²) in [4.78, 5) is 0. The monoisotopic (exact) mass is 358 g/mol. The van der Waals surface area contributed by atoms with Crippen LogP contribution in [0.15, 0.2) is 48.5 Å². The molecule has 0 amide bonds. The molecule has 0 aliphatic carbocycles. The van der Waals surface area contributed by atoms with Gasteiger partial charge >= 0.3 is 6.18 Å². The Labute approximate surface area is 138 Å². The number of nitrogen functional groups attached to an aromatic ring is 1. The fraction of sp³-hybridized carbons (Fsp3) is 0.250. The molecule has 0 heterocycles. The molecule has 2 aromatic carbocycles. The number of rotatable bonds is 6. The van der Waals surface area contributed by atoms with Gasteiger partial charge in [-0.05, 0) is 35.7 Å². The highest BCUT2D eigenvalue weighted by Gasteiger charge is 2.33. The van der Waals surface area contributed by atoms with Crippen LogP contribution in [0.1, 0.15) is 16.7 Å². The van der Waals surface area contributed by atoms with Crippen LogP contribution < -0.4 is 10.5 Å². The first-order chi connectivity index (χ1) is 11.2. The van der Waals surface area contributed by atoms with Gasteiger partial charge in [-0.25, -0.2) is 13.1 Å². The SMILES string of the molecule is Nc1ccc(CCNS(=O)(=O)Cc2ccccc2C(F)(F)F)cc1. The van der Waals surface area contributed by atoms with E-state index in [1.54, 1.807) is 24.3 Å². The second kappa shape index (κ2) is 7.23. The number of nitrogens with one attached hydrogen (secondary N) is 1. The second-order valence-electron chi connectivity index (χ2n) is 5.30. The fourth-order valence-electron chi connectivity index (χ4n) is 2.21. The Hall–Kier alpha value is -2.06. The first-order valence-corrected chi connectivity index (χ1v) is 8.79. The largest absolute Gasteiger partial charge is 0.416 e. The highest BCUT2D eigenvalue weighted by Crippen LogP contribution is 2.32. The van der Waals surface area contributed by atoms with Crippen LogP contribution in [0, 0.1) is 0 Å². The van der Waals surface area contributed by atoms with Crippen LogP contribution in [-0.2, 0) is 28.4 Å². The molecule has 0 saturated carbocycles. The number of nitrogens with two attached hydrogens (primary N) is 1. The maximum atomic E-state index is 12.9. The van der Waals surface area contributed by atoms with Crippen molar-refractivity contribution in [2.75, 3.05) is 12.3 Å². The van der Waals surface area contributed by atoms with Crippen molar-refractivity contribution in [2.24, 2.45) is 0 Å². The fourth-order valence-corrected chi connectivity index (χ4v) is 3.39. The van der Waals surface area contributed by atoms with E-state index in [-0.39, 0.29) is 12.1 Å². The number of alkyl halides is 3. The van der Waals surface area contributed by atoms with Crippen LogP contribution in [0.5, 0.6) is 0 Å². The minimum Gasteiger partial charge on any atom is -0.399 e. The summed E-state index contributed by atoms with van der Waals surface area (Å²) in [5, 5.41) is 0. The Morgan fingerprint density at radius 1 is 1.00 bits per heavy atom. The predicted molar refractivity (Wildman–Crippen MR) is 86.6 cm³/mol. The summed E-state index contributed by atoms with van der Waals surface area (Å²) in [6.45, 7) is 0.0977. The molecule has 0 spiro atoms. The first-order valence-electron chi connectivity index (χ1n) is 7.14. The van der Waals surface area contributed by atoms with E-state index in [1.165, 1.54) is 18.2 Å². The minimum atomic E-state index is -4.59. The first kappa shape index (κ1) is 18.3. The van der Waals surface area contributed by atoms with E-state index in [0.29, 0.717) is 12.1 Å². The van der Waals surface area contributed by atoms with Crippen molar-refractivity contribution in [3.8, 4) is 0 Å². The number of halogens is 3. The zero-order valence-corrected chi connectivity index (χ0v) is 13.5. The van der Waals surface area contributed by atoms with E-state index in [1.807, 2.05) is 0 Å². The van der Waals surface area contributed by atoms with Gasteiger partial charge in [0.25, 0.3) is 0 Å². The number of benzene rings is 2. The zero-order chi connectivity index (χ0) is 17.8. The lowest BCUT2D eigenvalue weighted by atomic mass is 10.1. The van der Waals surface area contributed by atoms with E-state index in [0.717, 1.165) is 11.6 Å². The molecular formula is C16H17F3N2O2S. The van der Waals surface area contributed by atoms with Crippen molar-refractivity contribution >= 4 is 15.7 Å². The van der Waals surface area contributed by atoms with Crippen LogP contribution in [0.4, 0.5) is 18.9 Å². The maximum absolute atomic E-state index is 12.9. The molecule has 2 aromatic rings. The molecule has 4 nitrogen and oxygen atoms in total. The van der Waals surface area contributed by atoms with Crippen LogP contribution in [0.2, 0.25) is 0 Å². The molecule has 2 rings (SSSR count). The molecule has 24 heavy (non-hydrogen) atoms. The van der Waals surface area contributed by atoms with E-state index >= 15 is 0 Å². The van der Waals surface area contributed by atoms with Gasteiger partial charge in [0.1, 0.15) is 0 Å². The molecule has 130 valence electrons. The molecule has 0 saturated heterocycles. The highest BCUT2D eigenvalue weighted by molar-refractivity contribution is 7.88. The van der Waals surface area contributed by atoms with Gasteiger partial charge < -0.3 is 5.73 Å². The van der Waals surface area contributed by atoms with E-state index < -0.39 is 27.5 Å². The summed E-state index contributed by atoms with van der Waals surface area (Å²) >= 11 is 0. The third kappa shape index (κ3) is 5.24. The lowest BCUT2D eigenvalue weighted by molar-refractivity contribution is -0.138. The van der Waals surface area contributed by atoms with Gasteiger partial charge in [-0.3, -0.25) is 0 Å². The van der Waals surface area contributed by atoms with Crippen molar-refractivity contribution in [3.63, 3.8) is 0 Å². The van der Waals surface area contributed by atoms with Crippen LogP contribution in [0.3, 0.4) is 0 Å². The molecule has 0 radical (unpaired) electrons. The summed E-state index contributed by atoms with van der Waals surface area (Å²) in [5.41, 5.74) is 5.82. The lowest BCUT2D eigenvalue weighted by Crippen LogP contribution is -2.28. The number of sulfonamides is 1. The van der Waals surface area contributed by atoms with Gasteiger partial charge in [0.15, 0.2) is 0 Å². The van der Waals surface area contributed by atoms with Gasteiger partial charge in [-0.15, -0.1) is 0 Å². The van der Waals surface area contributed by atoms with Crippen LogP contribution in [0.25, 0.3) is 0 Å². The summed E-state index contributed by atoms with van der Waals surface area (Å²) < 4.78 is 65.1. The average molecular weight is 358 g/mol. The molecular weight excluding hydrogens is 341 g/mol. The van der Waals surface area contributed by atoms with Crippen molar-refractivity contribution < 1.29 is 21.6 Å². The molecule has 0 unspecified atom stereocenters. The van der Waals surface area contributed by atoms with Crippen LogP contribution >= 0.6 is 0 Å². The molecule has 0 aromatic heterocycles. The Balaban J connectivity index is 2.00. The van der Waals surface area contributed by atoms with Crippen LogP contribution in [-0.4, -0.2) is 15.0 Å². The third-order valence-corrected chi connectivity index (χ3v) is 4.72. The maximum Gasteiger partial charge on any atom is 0.416 e. The zero-order valence-electron chi connectivity index (χ0n) is 12.7. The van der Waals surface area contributed by atoms with Crippen molar-refractivity contribution in [1.82, 2.24) is 4.72 Å². The Morgan fingerprint density at radius 2 is 1.62 bits per heavy atom. The van der Waals surface area contributed by atoms with E-state index in [4.69, 9.17) is 5.73 Å². The Morgan fingerprint density at radius 3 is 2.25 bits per heavy atom. The van der Waals surface area contributed by atoms with Crippen molar-refractivity contribution in [2.45, 2.75) is 18.3 Å². The van der Waals surface area contributed by atoms with Gasteiger partial charge in [-0.1, -0.05) is 30.3 Å². The standard InChI is InChI=1S/C16H17F3N2O2S/c17-16(18,19)15-4-2-1-3-13(15)11-24(22,23)21-10-9-12-5-7-14(20)8-6-12/h1-8,21H,9-11,20H2. The molecule has 0 atom stereocenters. The summed E-state index contributed by atoms with van der Waals surface area (Å²) in [7, 11) is -3.87.